The van der Waals surface area contributed by atoms with Crippen LogP contribution in [0.4, 0.5) is 0 Å². The molecule has 0 saturated carbocycles. The number of pyridine rings is 1. The molecular formula is C22H15ClN6OS. The van der Waals surface area contributed by atoms with Crippen LogP contribution in [0.3, 0.4) is 0 Å². The molecule has 0 saturated heterocycles. The largest absolute Gasteiger partial charge is 0.338 e. The zero-order valence-electron chi connectivity index (χ0n) is 16.3. The minimum atomic E-state index is -0.179. The number of nitrogens with one attached hydrogen (secondary N) is 1. The van der Waals surface area contributed by atoms with E-state index in [0.29, 0.717) is 38.5 Å². The summed E-state index contributed by atoms with van der Waals surface area (Å²) in [5.74, 6) is 1.13. The fraction of sp³-hybridized carbons (Fsp3) is 0.0909. The smallest absolute Gasteiger partial charge is 0.257 e. The maximum absolute atomic E-state index is 12.8. The number of H-pyrrole nitrogens is 1. The SMILES string of the molecule is Cn1c(SCc2cc(=O)n3c([nH]c4ccccc43)c2C#N)nnc1-c1ccc(Cl)cc1. The summed E-state index contributed by atoms with van der Waals surface area (Å²) in [7, 11) is 1.88. The number of nitrogens with zero attached hydrogens (tertiary/aromatic N) is 5. The minimum absolute atomic E-state index is 0.179. The first-order chi connectivity index (χ1) is 15.1. The maximum atomic E-state index is 12.8. The highest BCUT2D eigenvalue weighted by Gasteiger charge is 2.17. The van der Waals surface area contributed by atoms with Gasteiger partial charge in [0, 0.05) is 29.5 Å². The molecule has 0 fully saturated rings. The molecule has 0 aliphatic rings. The molecular weight excluding hydrogens is 432 g/mol. The van der Waals surface area contributed by atoms with Crippen molar-refractivity contribution in [2.24, 2.45) is 7.05 Å². The zero-order valence-corrected chi connectivity index (χ0v) is 17.9. The van der Waals surface area contributed by atoms with Gasteiger partial charge in [0.1, 0.15) is 11.7 Å². The van der Waals surface area contributed by atoms with Crippen LogP contribution < -0.4 is 5.56 Å². The molecule has 2 aromatic carbocycles. The topological polar surface area (TPSA) is 91.8 Å². The molecule has 0 amide bonds. The van der Waals surface area contributed by atoms with Gasteiger partial charge in [-0.1, -0.05) is 35.5 Å². The van der Waals surface area contributed by atoms with Crippen LogP contribution in [0.1, 0.15) is 11.1 Å². The van der Waals surface area contributed by atoms with Gasteiger partial charge in [-0.25, -0.2) is 0 Å². The van der Waals surface area contributed by atoms with E-state index in [1.165, 1.54) is 17.8 Å². The molecule has 9 heteroatoms. The Morgan fingerprint density at radius 1 is 1.16 bits per heavy atom. The number of aromatic amines is 1. The molecule has 3 aromatic heterocycles. The second-order valence-corrected chi connectivity index (χ2v) is 8.36. The van der Waals surface area contributed by atoms with E-state index in [9.17, 15) is 10.1 Å². The molecule has 0 aliphatic heterocycles. The van der Waals surface area contributed by atoms with Gasteiger partial charge in [0.15, 0.2) is 11.0 Å². The lowest BCUT2D eigenvalue weighted by Gasteiger charge is -2.06. The molecule has 0 aliphatic carbocycles. The number of hydrogen-bond donors (Lipinski definition) is 1. The molecule has 1 N–H and O–H groups in total. The highest BCUT2D eigenvalue weighted by molar-refractivity contribution is 7.98. The second kappa shape index (κ2) is 7.61. The van der Waals surface area contributed by atoms with E-state index >= 15 is 0 Å². The van der Waals surface area contributed by atoms with Gasteiger partial charge >= 0.3 is 0 Å². The van der Waals surface area contributed by atoms with Crippen LogP contribution >= 0.6 is 23.4 Å². The van der Waals surface area contributed by atoms with Crippen LogP contribution in [-0.4, -0.2) is 24.1 Å². The molecule has 0 atom stereocenters. The first-order valence-corrected chi connectivity index (χ1v) is 10.8. The predicted octanol–water partition coefficient (Wildman–Crippen LogP) is 4.39. The molecule has 0 unspecified atom stereocenters. The van der Waals surface area contributed by atoms with Gasteiger partial charge in [-0.3, -0.25) is 9.20 Å². The zero-order chi connectivity index (χ0) is 21.5. The molecule has 0 bridgehead atoms. The molecule has 3 heterocycles. The summed E-state index contributed by atoms with van der Waals surface area (Å²) < 4.78 is 3.43. The monoisotopic (exact) mass is 446 g/mol. The van der Waals surface area contributed by atoms with Crippen molar-refractivity contribution in [2.45, 2.75) is 10.9 Å². The first kappa shape index (κ1) is 19.4. The van der Waals surface area contributed by atoms with Crippen molar-refractivity contribution in [3.05, 3.63) is 81.1 Å². The highest BCUT2D eigenvalue weighted by atomic mass is 35.5. The Balaban J connectivity index is 1.51. The lowest BCUT2D eigenvalue weighted by Crippen LogP contribution is -2.14. The van der Waals surface area contributed by atoms with E-state index in [1.807, 2.05) is 48.0 Å². The van der Waals surface area contributed by atoms with Crippen LogP contribution in [0.5, 0.6) is 0 Å². The third-order valence-electron chi connectivity index (χ3n) is 5.10. The minimum Gasteiger partial charge on any atom is -0.338 e. The lowest BCUT2D eigenvalue weighted by molar-refractivity contribution is 0.793. The number of aromatic nitrogens is 5. The van der Waals surface area contributed by atoms with Crippen LogP contribution in [0.25, 0.3) is 28.1 Å². The van der Waals surface area contributed by atoms with E-state index in [-0.39, 0.29) is 5.56 Å². The van der Waals surface area contributed by atoms with Crippen molar-refractivity contribution in [2.75, 3.05) is 0 Å². The third kappa shape index (κ3) is 3.28. The number of imidazole rings is 1. The predicted molar refractivity (Wildman–Crippen MR) is 121 cm³/mol. The Hall–Kier alpha value is -3.54. The summed E-state index contributed by atoms with van der Waals surface area (Å²) >= 11 is 7.39. The molecule has 7 nitrogen and oxygen atoms in total. The molecule has 31 heavy (non-hydrogen) atoms. The Labute approximate surface area is 185 Å². The van der Waals surface area contributed by atoms with Crippen molar-refractivity contribution in [3.63, 3.8) is 0 Å². The first-order valence-electron chi connectivity index (χ1n) is 9.40. The van der Waals surface area contributed by atoms with Gasteiger partial charge < -0.3 is 9.55 Å². The lowest BCUT2D eigenvalue weighted by atomic mass is 10.1. The van der Waals surface area contributed by atoms with Crippen LogP contribution in [-0.2, 0) is 12.8 Å². The van der Waals surface area contributed by atoms with Gasteiger partial charge in [0.25, 0.3) is 5.56 Å². The third-order valence-corrected chi connectivity index (χ3v) is 6.42. The van der Waals surface area contributed by atoms with E-state index in [2.05, 4.69) is 21.3 Å². The molecule has 0 radical (unpaired) electrons. The Kier molecular flexibility index (Phi) is 4.77. The van der Waals surface area contributed by atoms with Crippen LogP contribution in [0.15, 0.2) is 64.5 Å². The summed E-state index contributed by atoms with van der Waals surface area (Å²) in [5, 5.41) is 19.7. The van der Waals surface area contributed by atoms with Gasteiger partial charge in [0.2, 0.25) is 0 Å². The molecule has 152 valence electrons. The average molecular weight is 447 g/mol. The van der Waals surface area contributed by atoms with Crippen molar-refractivity contribution in [3.8, 4) is 17.5 Å². The standard InChI is InChI=1S/C22H15ClN6OS/c1-28-20(13-6-8-15(23)9-7-13)26-27-22(28)31-12-14-10-19(30)29-18-5-3-2-4-17(18)25-21(29)16(14)11-24/h2-10,25H,12H2,1H3. The van der Waals surface area contributed by atoms with Crippen molar-refractivity contribution in [1.82, 2.24) is 24.1 Å². The normalized spacial score (nSPS) is 11.3. The van der Waals surface area contributed by atoms with Crippen molar-refractivity contribution in [1.29, 1.82) is 5.26 Å². The van der Waals surface area contributed by atoms with Crippen LogP contribution in [0, 0.1) is 11.3 Å². The van der Waals surface area contributed by atoms with Crippen molar-refractivity contribution >= 4 is 40.0 Å². The Bertz CT molecular complexity index is 1540. The Morgan fingerprint density at radius 2 is 1.94 bits per heavy atom. The number of hydrogen-bond acceptors (Lipinski definition) is 5. The summed E-state index contributed by atoms with van der Waals surface area (Å²) in [6, 6.07) is 18.7. The highest BCUT2D eigenvalue weighted by Crippen LogP contribution is 2.28. The number of rotatable bonds is 4. The summed E-state index contributed by atoms with van der Waals surface area (Å²) in [4.78, 5) is 16.0. The van der Waals surface area contributed by atoms with Crippen LogP contribution in [0.2, 0.25) is 5.02 Å². The molecule has 0 spiro atoms. The number of benzene rings is 2. The van der Waals surface area contributed by atoms with Crippen molar-refractivity contribution < 1.29 is 0 Å². The number of nitriles is 1. The quantitative estimate of drug-likeness (QED) is 0.413. The Morgan fingerprint density at radius 3 is 2.71 bits per heavy atom. The fourth-order valence-electron chi connectivity index (χ4n) is 3.59. The number of para-hydroxylation sites is 2. The van der Waals surface area contributed by atoms with Gasteiger partial charge in [0.05, 0.1) is 16.6 Å². The van der Waals surface area contributed by atoms with Gasteiger partial charge in [-0.05, 0) is 42.0 Å². The molecule has 5 rings (SSSR count). The number of fused-ring (bicyclic) bond motifs is 3. The van der Waals surface area contributed by atoms with E-state index < -0.39 is 0 Å². The summed E-state index contributed by atoms with van der Waals surface area (Å²) in [6.45, 7) is 0. The van der Waals surface area contributed by atoms with E-state index in [4.69, 9.17) is 11.6 Å². The molecule has 5 aromatic rings. The average Bonchev–Trinajstić information content (AvgIpc) is 3.34. The van der Waals surface area contributed by atoms with E-state index in [1.54, 1.807) is 16.5 Å². The fourth-order valence-corrected chi connectivity index (χ4v) is 4.61. The number of thioether (sulfide) groups is 1. The second-order valence-electron chi connectivity index (χ2n) is 6.98. The van der Waals surface area contributed by atoms with E-state index in [0.717, 1.165) is 16.6 Å². The maximum Gasteiger partial charge on any atom is 0.257 e. The summed E-state index contributed by atoms with van der Waals surface area (Å²) in [6.07, 6.45) is 0. The van der Waals surface area contributed by atoms with Gasteiger partial charge in [-0.2, -0.15) is 5.26 Å². The summed E-state index contributed by atoms with van der Waals surface area (Å²) in [5.41, 5.74) is 3.89. The number of halogens is 1. The van der Waals surface area contributed by atoms with Gasteiger partial charge in [-0.15, -0.1) is 10.2 Å².